The lowest BCUT2D eigenvalue weighted by atomic mass is 10.1. The standard InChI is InChI=1S/C24H20FN3O4S/c1-14-10-19-22(28-16-5-3-4-15(25)12-16)20(24(26)29)13-27-23(19)21(11-14)33(30,31)18-8-6-17(32-2)7-9-18/h3-13H,1-2H3,(H2,26,29)(H,27,28). The van der Waals surface area contributed by atoms with E-state index in [0.29, 0.717) is 22.4 Å². The highest BCUT2D eigenvalue weighted by atomic mass is 32.2. The molecule has 4 aromatic rings. The van der Waals surface area contributed by atoms with E-state index >= 15 is 0 Å². The summed E-state index contributed by atoms with van der Waals surface area (Å²) in [7, 11) is -2.47. The molecule has 0 radical (unpaired) electrons. The molecule has 0 aliphatic heterocycles. The Morgan fingerprint density at radius 2 is 1.82 bits per heavy atom. The van der Waals surface area contributed by atoms with Gasteiger partial charge in [-0.05, 0) is 67.1 Å². The third kappa shape index (κ3) is 4.22. The van der Waals surface area contributed by atoms with Gasteiger partial charge in [-0.3, -0.25) is 9.78 Å². The topological polar surface area (TPSA) is 111 Å². The number of anilines is 2. The number of fused-ring (bicyclic) bond motifs is 1. The quantitative estimate of drug-likeness (QED) is 0.438. The smallest absolute Gasteiger partial charge is 0.252 e. The Hall–Kier alpha value is -3.98. The van der Waals surface area contributed by atoms with E-state index in [-0.39, 0.29) is 26.6 Å². The second-order valence-electron chi connectivity index (χ2n) is 7.38. The summed E-state index contributed by atoms with van der Waals surface area (Å²) in [5.41, 5.74) is 6.98. The van der Waals surface area contributed by atoms with Gasteiger partial charge < -0.3 is 15.8 Å². The van der Waals surface area contributed by atoms with Gasteiger partial charge in [0.1, 0.15) is 11.6 Å². The number of sulfone groups is 1. The first-order valence-electron chi connectivity index (χ1n) is 9.85. The van der Waals surface area contributed by atoms with Crippen LogP contribution in [0.3, 0.4) is 0 Å². The number of primary amides is 1. The lowest BCUT2D eigenvalue weighted by molar-refractivity contribution is 0.100. The Morgan fingerprint density at radius 3 is 2.45 bits per heavy atom. The normalized spacial score (nSPS) is 11.4. The van der Waals surface area contributed by atoms with Crippen LogP contribution in [-0.4, -0.2) is 26.4 Å². The highest BCUT2D eigenvalue weighted by Gasteiger charge is 2.24. The molecule has 168 valence electrons. The van der Waals surface area contributed by atoms with Crippen LogP contribution in [0.15, 0.2) is 76.7 Å². The van der Waals surface area contributed by atoms with Crippen LogP contribution in [-0.2, 0) is 9.84 Å². The number of rotatable bonds is 6. The Kier molecular flexibility index (Phi) is 5.73. The molecule has 0 atom stereocenters. The van der Waals surface area contributed by atoms with Gasteiger partial charge in [0.25, 0.3) is 5.91 Å². The number of aryl methyl sites for hydroxylation is 1. The van der Waals surface area contributed by atoms with Crippen LogP contribution in [0.5, 0.6) is 5.75 Å². The van der Waals surface area contributed by atoms with Crippen molar-refractivity contribution < 1.29 is 22.3 Å². The highest BCUT2D eigenvalue weighted by Crippen LogP contribution is 2.35. The number of pyridine rings is 1. The first-order chi connectivity index (χ1) is 15.7. The average molecular weight is 466 g/mol. The summed E-state index contributed by atoms with van der Waals surface area (Å²) >= 11 is 0. The lowest BCUT2D eigenvalue weighted by Crippen LogP contribution is -2.15. The van der Waals surface area contributed by atoms with E-state index in [9.17, 15) is 17.6 Å². The zero-order valence-electron chi connectivity index (χ0n) is 17.8. The molecule has 0 aliphatic rings. The Balaban J connectivity index is 1.97. The Bertz CT molecular complexity index is 1490. The summed E-state index contributed by atoms with van der Waals surface area (Å²) in [5, 5.41) is 3.37. The molecule has 1 amide bonds. The van der Waals surface area contributed by atoms with Crippen molar-refractivity contribution in [1.29, 1.82) is 0 Å². The number of hydrogen-bond donors (Lipinski definition) is 2. The molecule has 0 spiro atoms. The zero-order valence-corrected chi connectivity index (χ0v) is 18.6. The fraction of sp³-hybridized carbons (Fsp3) is 0.0833. The van der Waals surface area contributed by atoms with E-state index in [2.05, 4.69) is 10.3 Å². The molecule has 3 N–H and O–H groups in total. The molecule has 0 aliphatic carbocycles. The molecule has 0 bridgehead atoms. The van der Waals surface area contributed by atoms with Crippen molar-refractivity contribution in [2.24, 2.45) is 5.73 Å². The molecule has 0 fully saturated rings. The summed E-state index contributed by atoms with van der Waals surface area (Å²) in [5.74, 6) is -0.712. The molecule has 4 rings (SSSR count). The van der Waals surface area contributed by atoms with Crippen molar-refractivity contribution in [2.75, 3.05) is 12.4 Å². The molecule has 1 heterocycles. The minimum atomic E-state index is -3.96. The van der Waals surface area contributed by atoms with E-state index in [1.807, 2.05) is 0 Å². The third-order valence-electron chi connectivity index (χ3n) is 5.10. The summed E-state index contributed by atoms with van der Waals surface area (Å²) in [4.78, 5) is 16.4. The van der Waals surface area contributed by atoms with Gasteiger partial charge >= 0.3 is 0 Å². The number of carbonyl (C=O) groups is 1. The van der Waals surface area contributed by atoms with Gasteiger partial charge in [-0.2, -0.15) is 0 Å². The van der Waals surface area contributed by atoms with Crippen LogP contribution in [0.4, 0.5) is 15.8 Å². The summed E-state index contributed by atoms with van der Waals surface area (Å²) in [6, 6.07) is 14.9. The predicted octanol–water partition coefficient (Wildman–Crippen LogP) is 4.37. The van der Waals surface area contributed by atoms with Gasteiger partial charge in [0, 0.05) is 17.3 Å². The molecular formula is C24H20FN3O4S. The molecule has 0 saturated heterocycles. The van der Waals surface area contributed by atoms with Gasteiger partial charge in [-0.25, -0.2) is 12.8 Å². The maximum atomic E-state index is 13.7. The van der Waals surface area contributed by atoms with E-state index < -0.39 is 21.6 Å². The minimum Gasteiger partial charge on any atom is -0.497 e. The monoisotopic (exact) mass is 465 g/mol. The van der Waals surface area contributed by atoms with E-state index in [1.165, 1.54) is 49.7 Å². The van der Waals surface area contributed by atoms with E-state index in [0.717, 1.165) is 0 Å². The minimum absolute atomic E-state index is 0.0269. The molecule has 3 aromatic carbocycles. The number of methoxy groups -OCH3 is 1. The van der Waals surface area contributed by atoms with Crippen LogP contribution < -0.4 is 15.8 Å². The first-order valence-corrected chi connectivity index (χ1v) is 11.3. The number of benzene rings is 3. The van der Waals surface area contributed by atoms with Crippen molar-refractivity contribution in [3.63, 3.8) is 0 Å². The van der Waals surface area contributed by atoms with Gasteiger partial charge in [0.05, 0.1) is 33.7 Å². The van der Waals surface area contributed by atoms with Crippen LogP contribution in [0.25, 0.3) is 10.9 Å². The maximum absolute atomic E-state index is 13.7. The second-order valence-corrected chi connectivity index (χ2v) is 9.30. The number of hydrogen-bond acceptors (Lipinski definition) is 6. The average Bonchev–Trinajstić information content (AvgIpc) is 2.78. The lowest BCUT2D eigenvalue weighted by Gasteiger charge is -2.16. The molecular weight excluding hydrogens is 445 g/mol. The molecule has 1 aromatic heterocycles. The van der Waals surface area contributed by atoms with Crippen LogP contribution in [0.2, 0.25) is 0 Å². The molecule has 0 saturated carbocycles. The number of nitrogens with zero attached hydrogens (tertiary/aromatic N) is 1. The van der Waals surface area contributed by atoms with Gasteiger partial charge in [0.15, 0.2) is 0 Å². The van der Waals surface area contributed by atoms with Crippen molar-refractivity contribution in [3.05, 3.63) is 83.8 Å². The molecule has 0 unspecified atom stereocenters. The fourth-order valence-electron chi connectivity index (χ4n) is 3.53. The predicted molar refractivity (Wildman–Crippen MR) is 123 cm³/mol. The van der Waals surface area contributed by atoms with Crippen molar-refractivity contribution in [2.45, 2.75) is 16.7 Å². The van der Waals surface area contributed by atoms with Crippen LogP contribution in [0, 0.1) is 12.7 Å². The maximum Gasteiger partial charge on any atom is 0.252 e. The van der Waals surface area contributed by atoms with Gasteiger partial charge in [-0.15, -0.1) is 0 Å². The molecule has 7 nitrogen and oxygen atoms in total. The summed E-state index contributed by atoms with van der Waals surface area (Å²) in [6.45, 7) is 1.73. The van der Waals surface area contributed by atoms with Crippen LogP contribution in [0.1, 0.15) is 15.9 Å². The fourth-order valence-corrected chi connectivity index (χ4v) is 5.03. The molecule has 9 heteroatoms. The number of nitrogens with two attached hydrogens (primary N) is 1. The second kappa shape index (κ2) is 8.51. The Labute approximate surface area is 189 Å². The van der Waals surface area contributed by atoms with Crippen molar-refractivity contribution in [3.8, 4) is 5.75 Å². The number of halogens is 1. The number of aromatic nitrogens is 1. The third-order valence-corrected chi connectivity index (χ3v) is 6.88. The highest BCUT2D eigenvalue weighted by molar-refractivity contribution is 7.91. The van der Waals surface area contributed by atoms with Crippen LogP contribution >= 0.6 is 0 Å². The van der Waals surface area contributed by atoms with Crippen molar-refractivity contribution in [1.82, 2.24) is 4.98 Å². The number of nitrogens with one attached hydrogen (secondary N) is 1. The van der Waals surface area contributed by atoms with Crippen molar-refractivity contribution >= 4 is 38.0 Å². The Morgan fingerprint density at radius 1 is 1.09 bits per heavy atom. The molecule has 33 heavy (non-hydrogen) atoms. The number of amides is 1. The number of carbonyl (C=O) groups excluding carboxylic acids is 1. The number of ether oxygens (including phenoxy) is 1. The summed E-state index contributed by atoms with van der Waals surface area (Å²) < 4.78 is 45.8. The zero-order chi connectivity index (χ0) is 23.8. The summed E-state index contributed by atoms with van der Waals surface area (Å²) in [6.07, 6.45) is 1.22. The first kappa shape index (κ1) is 22.2. The SMILES string of the molecule is COc1ccc(S(=O)(=O)c2cc(C)cc3c(Nc4cccc(F)c4)c(C(N)=O)cnc23)cc1. The van der Waals surface area contributed by atoms with Gasteiger partial charge in [-0.1, -0.05) is 6.07 Å². The van der Waals surface area contributed by atoms with Gasteiger partial charge in [0.2, 0.25) is 9.84 Å². The largest absolute Gasteiger partial charge is 0.497 e. The van der Waals surface area contributed by atoms with E-state index in [1.54, 1.807) is 31.2 Å². The van der Waals surface area contributed by atoms with E-state index in [4.69, 9.17) is 10.5 Å².